The predicted octanol–water partition coefficient (Wildman–Crippen LogP) is 1.63. The van der Waals surface area contributed by atoms with Gasteiger partial charge in [0.25, 0.3) is 11.8 Å². The normalized spacial score (nSPS) is 22.6. The van der Waals surface area contributed by atoms with Crippen LogP contribution >= 0.6 is 0 Å². The summed E-state index contributed by atoms with van der Waals surface area (Å²) in [5.74, 6) is 0.157. The van der Waals surface area contributed by atoms with Crippen molar-refractivity contribution in [1.82, 2.24) is 25.6 Å². The summed E-state index contributed by atoms with van der Waals surface area (Å²) in [6.07, 6.45) is 1.35. The van der Waals surface area contributed by atoms with E-state index in [1.54, 1.807) is 0 Å². The molecule has 2 saturated heterocycles. The lowest BCUT2D eigenvalue weighted by Gasteiger charge is -2.34. The second kappa shape index (κ2) is 9.67. The largest absolute Gasteiger partial charge is 0.493 e. The van der Waals surface area contributed by atoms with Crippen LogP contribution in [0, 0.1) is 0 Å². The molecule has 2 N–H and O–H groups in total. The number of imide groups is 1. The Morgan fingerprint density at radius 2 is 1.80 bits per heavy atom. The molecule has 0 bridgehead atoms. The van der Waals surface area contributed by atoms with Gasteiger partial charge in [0.1, 0.15) is 11.3 Å². The molecule has 9 heteroatoms. The molecular formula is C26H31N5O4. The molecule has 0 saturated carbocycles. The Morgan fingerprint density at radius 3 is 2.54 bits per heavy atom. The van der Waals surface area contributed by atoms with Crippen LogP contribution < -0.4 is 15.5 Å². The number of nitrogens with one attached hydrogen (secondary N) is 2. The second-order valence-electron chi connectivity index (χ2n) is 9.32. The zero-order chi connectivity index (χ0) is 24.4. The number of carbonyl (C=O) groups excluding carboxylic acids is 3. The third-order valence-electron chi connectivity index (χ3n) is 7.12. The lowest BCUT2D eigenvalue weighted by atomic mass is 9.87. The van der Waals surface area contributed by atoms with Crippen LogP contribution in [0.5, 0.6) is 5.75 Å². The quantitative estimate of drug-likeness (QED) is 0.589. The number of carbonyl (C=O) groups is 3. The number of fused-ring (bicyclic) bond motifs is 1. The molecule has 2 fully saturated rings. The average Bonchev–Trinajstić information content (AvgIpc) is 3.44. The lowest BCUT2D eigenvalue weighted by molar-refractivity contribution is -0.140. The van der Waals surface area contributed by atoms with Gasteiger partial charge in [0.2, 0.25) is 0 Å². The monoisotopic (exact) mass is 477 g/mol. The number of benzene rings is 2. The van der Waals surface area contributed by atoms with Crippen LogP contribution in [0.1, 0.15) is 30.0 Å². The molecule has 1 unspecified atom stereocenters. The summed E-state index contributed by atoms with van der Waals surface area (Å²) in [4.78, 5) is 42.9. The van der Waals surface area contributed by atoms with Gasteiger partial charge in [0.15, 0.2) is 0 Å². The zero-order valence-electron chi connectivity index (χ0n) is 20.0. The van der Waals surface area contributed by atoms with E-state index < -0.39 is 17.5 Å². The van der Waals surface area contributed by atoms with Crippen LogP contribution in [0.4, 0.5) is 4.79 Å². The minimum atomic E-state index is -1.17. The molecule has 2 aromatic carbocycles. The Labute approximate surface area is 205 Å². The highest BCUT2D eigenvalue weighted by molar-refractivity contribution is 6.08. The van der Waals surface area contributed by atoms with E-state index in [9.17, 15) is 14.4 Å². The summed E-state index contributed by atoms with van der Waals surface area (Å²) >= 11 is 0. The number of hydrogen-bond acceptors (Lipinski definition) is 6. The summed E-state index contributed by atoms with van der Waals surface area (Å²) in [6, 6.07) is 14.9. The van der Waals surface area contributed by atoms with Gasteiger partial charge in [-0.15, -0.1) is 0 Å². The molecule has 2 aromatic rings. The van der Waals surface area contributed by atoms with E-state index in [1.165, 1.54) is 11.1 Å². The van der Waals surface area contributed by atoms with Gasteiger partial charge in [-0.1, -0.05) is 49.4 Å². The van der Waals surface area contributed by atoms with E-state index >= 15 is 0 Å². The first-order chi connectivity index (χ1) is 17.0. The van der Waals surface area contributed by atoms with E-state index in [-0.39, 0.29) is 12.5 Å². The highest BCUT2D eigenvalue weighted by atomic mass is 16.5. The SMILES string of the molecule is CCC1(c2ccccc2)NC(=O)N(NC(=O)CN2CCN(Cc3ccc4c(c3)CCO4)CC2)C1=O. The maximum atomic E-state index is 13.2. The molecule has 0 aliphatic carbocycles. The van der Waals surface area contributed by atoms with Gasteiger partial charge in [0, 0.05) is 39.1 Å². The van der Waals surface area contributed by atoms with Crippen molar-refractivity contribution in [3.8, 4) is 5.75 Å². The molecular weight excluding hydrogens is 446 g/mol. The summed E-state index contributed by atoms with van der Waals surface area (Å²) in [7, 11) is 0. The molecule has 0 aromatic heterocycles. The molecule has 0 radical (unpaired) electrons. The second-order valence-corrected chi connectivity index (χ2v) is 9.32. The molecule has 3 aliphatic heterocycles. The van der Waals surface area contributed by atoms with Crippen molar-refractivity contribution in [2.75, 3.05) is 39.3 Å². The van der Waals surface area contributed by atoms with Crippen LogP contribution in [-0.2, 0) is 28.1 Å². The molecule has 5 rings (SSSR count). The van der Waals surface area contributed by atoms with Gasteiger partial charge in [-0.3, -0.25) is 24.8 Å². The summed E-state index contributed by atoms with van der Waals surface area (Å²) < 4.78 is 5.59. The van der Waals surface area contributed by atoms with Gasteiger partial charge in [-0.05, 0) is 29.2 Å². The van der Waals surface area contributed by atoms with E-state index in [2.05, 4.69) is 33.8 Å². The highest BCUT2D eigenvalue weighted by Crippen LogP contribution is 2.31. The Balaban J connectivity index is 1.13. The van der Waals surface area contributed by atoms with Crippen molar-refractivity contribution in [2.24, 2.45) is 0 Å². The van der Waals surface area contributed by atoms with E-state index in [1.807, 2.05) is 42.2 Å². The number of ether oxygens (including phenoxy) is 1. The van der Waals surface area contributed by atoms with Gasteiger partial charge in [-0.2, -0.15) is 5.01 Å². The smallest absolute Gasteiger partial charge is 0.344 e. The molecule has 4 amide bonds. The number of amides is 4. The van der Waals surface area contributed by atoms with Gasteiger partial charge >= 0.3 is 6.03 Å². The van der Waals surface area contributed by atoms with Crippen LogP contribution in [0.15, 0.2) is 48.5 Å². The summed E-state index contributed by atoms with van der Waals surface area (Å²) in [5, 5.41) is 3.61. The van der Waals surface area contributed by atoms with Gasteiger partial charge in [-0.25, -0.2) is 4.79 Å². The first-order valence-electron chi connectivity index (χ1n) is 12.2. The molecule has 184 valence electrons. The van der Waals surface area contributed by atoms with E-state index in [4.69, 9.17) is 4.74 Å². The fourth-order valence-corrected chi connectivity index (χ4v) is 5.10. The van der Waals surface area contributed by atoms with Crippen molar-refractivity contribution in [2.45, 2.75) is 31.8 Å². The molecule has 9 nitrogen and oxygen atoms in total. The number of rotatable bonds is 7. The maximum absolute atomic E-state index is 13.2. The van der Waals surface area contributed by atoms with Crippen molar-refractivity contribution >= 4 is 17.8 Å². The fourth-order valence-electron chi connectivity index (χ4n) is 5.10. The molecule has 3 aliphatic rings. The predicted molar refractivity (Wildman–Crippen MR) is 129 cm³/mol. The maximum Gasteiger partial charge on any atom is 0.344 e. The standard InChI is InChI=1S/C26H31N5O4/c1-2-26(21-6-4-3-5-7-21)24(33)31(25(34)27-26)28-23(32)18-30-13-11-29(12-14-30)17-19-8-9-22-20(16-19)10-15-35-22/h3-9,16H,2,10-15,17-18H2,1H3,(H,27,34)(H,28,32). The number of nitrogens with zero attached hydrogens (tertiary/aromatic N) is 3. The molecule has 0 spiro atoms. The van der Waals surface area contributed by atoms with Crippen molar-refractivity contribution < 1.29 is 19.1 Å². The highest BCUT2D eigenvalue weighted by Gasteiger charge is 2.52. The third kappa shape index (κ3) is 4.61. The summed E-state index contributed by atoms with van der Waals surface area (Å²) in [6.45, 7) is 6.77. The average molecular weight is 478 g/mol. The van der Waals surface area contributed by atoms with E-state index in [0.29, 0.717) is 12.0 Å². The summed E-state index contributed by atoms with van der Waals surface area (Å²) in [5.41, 5.74) is 4.61. The molecule has 35 heavy (non-hydrogen) atoms. The topological polar surface area (TPSA) is 94.2 Å². The van der Waals surface area contributed by atoms with Crippen LogP contribution in [-0.4, -0.2) is 72.0 Å². The van der Waals surface area contributed by atoms with Crippen LogP contribution in [0.3, 0.4) is 0 Å². The first-order valence-corrected chi connectivity index (χ1v) is 12.2. The van der Waals surface area contributed by atoms with Crippen molar-refractivity contribution in [3.63, 3.8) is 0 Å². The van der Waals surface area contributed by atoms with Crippen molar-refractivity contribution in [1.29, 1.82) is 0 Å². The minimum absolute atomic E-state index is 0.131. The van der Waals surface area contributed by atoms with Crippen LogP contribution in [0.25, 0.3) is 0 Å². The minimum Gasteiger partial charge on any atom is -0.493 e. The van der Waals surface area contributed by atoms with Crippen LogP contribution in [0.2, 0.25) is 0 Å². The fraction of sp³-hybridized carbons (Fsp3) is 0.423. The Hall–Kier alpha value is -3.43. The molecule has 1 atom stereocenters. The molecule has 3 heterocycles. The van der Waals surface area contributed by atoms with Gasteiger partial charge < -0.3 is 10.1 Å². The Bertz CT molecular complexity index is 1120. The number of urea groups is 1. The third-order valence-corrected chi connectivity index (χ3v) is 7.12. The zero-order valence-corrected chi connectivity index (χ0v) is 20.0. The van der Waals surface area contributed by atoms with E-state index in [0.717, 1.165) is 56.5 Å². The number of hydrogen-bond donors (Lipinski definition) is 2. The Kier molecular flexibility index (Phi) is 6.44. The Morgan fingerprint density at radius 1 is 1.06 bits per heavy atom. The first kappa shape index (κ1) is 23.3. The lowest BCUT2D eigenvalue weighted by Crippen LogP contribution is -2.53. The number of piperazine rings is 1. The van der Waals surface area contributed by atoms with Crippen molar-refractivity contribution in [3.05, 3.63) is 65.2 Å². The number of hydrazine groups is 1. The van der Waals surface area contributed by atoms with Gasteiger partial charge in [0.05, 0.1) is 13.2 Å².